The zero-order chi connectivity index (χ0) is 19.1. The van der Waals surface area contributed by atoms with E-state index in [0.717, 1.165) is 57.5 Å². The van der Waals surface area contributed by atoms with Gasteiger partial charge in [-0.1, -0.05) is 18.2 Å². The summed E-state index contributed by atoms with van der Waals surface area (Å²) < 4.78 is 19.5. The zero-order valence-electron chi connectivity index (χ0n) is 16.0. The molecule has 1 aromatic carbocycles. The zero-order valence-corrected chi connectivity index (χ0v) is 16.0. The van der Waals surface area contributed by atoms with Crippen LogP contribution in [0.1, 0.15) is 37.7 Å². The molecule has 1 N–H and O–H groups in total. The van der Waals surface area contributed by atoms with Crippen LogP contribution in [0.4, 0.5) is 4.39 Å². The van der Waals surface area contributed by atoms with Crippen LogP contribution in [0, 0.1) is 11.7 Å². The lowest BCUT2D eigenvalue weighted by molar-refractivity contribution is -0.134. The van der Waals surface area contributed by atoms with Crippen molar-refractivity contribution in [1.29, 1.82) is 0 Å². The second-order valence-electron chi connectivity index (χ2n) is 7.72. The topological polar surface area (TPSA) is 53.0 Å². The van der Waals surface area contributed by atoms with Crippen molar-refractivity contribution in [3.8, 4) is 0 Å². The van der Waals surface area contributed by atoms with Gasteiger partial charge in [-0.15, -0.1) is 0 Å². The summed E-state index contributed by atoms with van der Waals surface area (Å²) in [4.78, 5) is 16.6. The summed E-state index contributed by atoms with van der Waals surface area (Å²) in [7, 11) is 0. The van der Waals surface area contributed by atoms with E-state index in [-0.39, 0.29) is 30.9 Å². The van der Waals surface area contributed by atoms with E-state index in [0.29, 0.717) is 19.0 Å². The number of rotatable bonds is 8. The molecule has 1 amide bonds. The predicted molar refractivity (Wildman–Crippen MR) is 102 cm³/mol. The van der Waals surface area contributed by atoms with E-state index in [1.807, 2.05) is 17.0 Å². The molecular formula is C21H31FN2O3. The number of halogens is 1. The van der Waals surface area contributed by atoms with Crippen molar-refractivity contribution < 1.29 is 19.0 Å². The second-order valence-corrected chi connectivity index (χ2v) is 7.72. The molecule has 27 heavy (non-hydrogen) atoms. The van der Waals surface area contributed by atoms with Crippen LogP contribution in [-0.4, -0.2) is 66.3 Å². The Morgan fingerprint density at radius 2 is 2.00 bits per heavy atom. The van der Waals surface area contributed by atoms with E-state index in [1.54, 1.807) is 6.07 Å². The van der Waals surface area contributed by atoms with Crippen LogP contribution in [0.3, 0.4) is 0 Å². The normalized spacial score (nSPS) is 21.5. The molecule has 6 heteroatoms. The molecule has 2 aliphatic rings. The van der Waals surface area contributed by atoms with Crippen LogP contribution in [0.15, 0.2) is 24.3 Å². The van der Waals surface area contributed by atoms with E-state index in [2.05, 4.69) is 4.90 Å². The minimum Gasteiger partial charge on any atom is -0.396 e. The Morgan fingerprint density at radius 3 is 2.67 bits per heavy atom. The van der Waals surface area contributed by atoms with Crippen molar-refractivity contribution in [3.05, 3.63) is 35.6 Å². The number of carbonyl (C=O) groups is 1. The van der Waals surface area contributed by atoms with Gasteiger partial charge in [0.05, 0.1) is 12.7 Å². The van der Waals surface area contributed by atoms with Gasteiger partial charge in [0.25, 0.3) is 0 Å². The lowest BCUT2D eigenvalue weighted by Gasteiger charge is -2.35. The number of amides is 1. The quantitative estimate of drug-likeness (QED) is 0.755. The molecule has 3 rings (SSSR count). The summed E-state index contributed by atoms with van der Waals surface area (Å²) in [6, 6.07) is 6.95. The van der Waals surface area contributed by atoms with Gasteiger partial charge in [0.15, 0.2) is 0 Å². The van der Waals surface area contributed by atoms with Gasteiger partial charge in [-0.05, 0) is 50.8 Å². The van der Waals surface area contributed by atoms with Crippen molar-refractivity contribution in [2.75, 3.05) is 39.4 Å². The average molecular weight is 378 g/mol. The molecule has 1 aromatic rings. The van der Waals surface area contributed by atoms with Crippen LogP contribution in [0.2, 0.25) is 0 Å². The van der Waals surface area contributed by atoms with Gasteiger partial charge in [-0.25, -0.2) is 4.39 Å². The lowest BCUT2D eigenvalue weighted by atomic mass is 9.95. The van der Waals surface area contributed by atoms with Gasteiger partial charge in [-0.2, -0.15) is 0 Å². The van der Waals surface area contributed by atoms with E-state index in [1.165, 1.54) is 6.07 Å². The fourth-order valence-electron chi connectivity index (χ4n) is 4.07. The molecule has 0 saturated carbocycles. The Balaban J connectivity index is 1.49. The van der Waals surface area contributed by atoms with Crippen LogP contribution in [0.25, 0.3) is 0 Å². The molecule has 2 fully saturated rings. The minimum atomic E-state index is -0.142. The maximum atomic E-state index is 13.8. The number of aliphatic hydroxyl groups excluding tert-OH is 1. The van der Waals surface area contributed by atoms with E-state index in [9.17, 15) is 9.18 Å². The molecule has 2 heterocycles. The highest BCUT2D eigenvalue weighted by Crippen LogP contribution is 2.22. The highest BCUT2D eigenvalue weighted by atomic mass is 19.1. The summed E-state index contributed by atoms with van der Waals surface area (Å²) in [6.07, 6.45) is 4.38. The molecule has 2 saturated heterocycles. The van der Waals surface area contributed by atoms with E-state index in [4.69, 9.17) is 9.84 Å². The molecule has 0 unspecified atom stereocenters. The number of piperidine rings is 1. The van der Waals surface area contributed by atoms with Gasteiger partial charge in [0, 0.05) is 38.2 Å². The predicted octanol–water partition coefficient (Wildman–Crippen LogP) is 2.43. The summed E-state index contributed by atoms with van der Waals surface area (Å²) in [5.41, 5.74) is 0.745. The van der Waals surface area contributed by atoms with Gasteiger partial charge >= 0.3 is 0 Å². The fourth-order valence-corrected chi connectivity index (χ4v) is 4.07. The maximum Gasteiger partial charge on any atom is 0.224 e. The highest BCUT2D eigenvalue weighted by molar-refractivity contribution is 5.76. The Hall–Kier alpha value is -1.50. The van der Waals surface area contributed by atoms with E-state index < -0.39 is 0 Å². The van der Waals surface area contributed by atoms with Gasteiger partial charge in [-0.3, -0.25) is 9.69 Å². The van der Waals surface area contributed by atoms with Crippen LogP contribution < -0.4 is 0 Å². The number of hydrogen-bond acceptors (Lipinski definition) is 4. The molecule has 150 valence electrons. The smallest absolute Gasteiger partial charge is 0.224 e. The lowest BCUT2D eigenvalue weighted by Crippen LogP contribution is -2.43. The summed E-state index contributed by atoms with van der Waals surface area (Å²) in [5, 5.41) is 9.13. The third-order valence-corrected chi connectivity index (χ3v) is 5.66. The molecule has 0 bridgehead atoms. The van der Waals surface area contributed by atoms with Gasteiger partial charge in [0.1, 0.15) is 5.82 Å². The van der Waals surface area contributed by atoms with E-state index >= 15 is 0 Å². The first-order valence-electron chi connectivity index (χ1n) is 10.1. The van der Waals surface area contributed by atoms with Crippen molar-refractivity contribution in [1.82, 2.24) is 9.80 Å². The summed E-state index contributed by atoms with van der Waals surface area (Å²) >= 11 is 0. The third kappa shape index (κ3) is 5.99. The largest absolute Gasteiger partial charge is 0.396 e. The number of benzene rings is 1. The molecule has 0 spiro atoms. The van der Waals surface area contributed by atoms with Crippen LogP contribution in [-0.2, 0) is 16.1 Å². The third-order valence-electron chi connectivity index (χ3n) is 5.66. The fraction of sp³-hybridized carbons (Fsp3) is 0.667. The van der Waals surface area contributed by atoms with Crippen LogP contribution >= 0.6 is 0 Å². The maximum absolute atomic E-state index is 13.8. The number of hydrogen-bond donors (Lipinski definition) is 1. The summed E-state index contributed by atoms with van der Waals surface area (Å²) in [5.74, 6) is 0.324. The minimum absolute atomic E-state index is 0.0155. The summed E-state index contributed by atoms with van der Waals surface area (Å²) in [6.45, 7) is 4.51. The molecule has 1 atom stereocenters. The van der Waals surface area contributed by atoms with Crippen molar-refractivity contribution in [2.45, 2.75) is 44.8 Å². The Labute approximate surface area is 161 Å². The Morgan fingerprint density at radius 1 is 1.22 bits per heavy atom. The molecular weight excluding hydrogens is 347 g/mol. The number of nitrogens with zero attached hydrogens (tertiary/aromatic N) is 2. The molecule has 0 radical (unpaired) electrons. The van der Waals surface area contributed by atoms with Gasteiger partial charge in [0.2, 0.25) is 5.91 Å². The standard InChI is InChI=1S/C21H31FN2O3/c22-20-6-2-1-4-18(20)15-23-10-7-17(8-11-23)14-24(21(26)9-12-25)16-19-5-3-13-27-19/h1-2,4,6,17,19,25H,3,5,7-16H2/t19-/m0/s1. The van der Waals surface area contributed by atoms with Crippen molar-refractivity contribution in [2.24, 2.45) is 5.92 Å². The number of aliphatic hydroxyl groups is 1. The first-order chi connectivity index (χ1) is 13.2. The second kappa shape index (κ2) is 10.2. The number of likely N-dealkylation sites (tertiary alicyclic amines) is 1. The SMILES string of the molecule is O=C(CCO)N(CC1CCN(Cc2ccccc2F)CC1)C[C@@H]1CCCO1. The number of ether oxygens (including phenoxy) is 1. The van der Waals surface area contributed by atoms with Crippen molar-refractivity contribution >= 4 is 5.91 Å². The monoisotopic (exact) mass is 378 g/mol. The molecule has 5 nitrogen and oxygen atoms in total. The first kappa shape index (κ1) is 20.2. The first-order valence-corrected chi connectivity index (χ1v) is 10.1. The molecule has 0 aromatic heterocycles. The van der Waals surface area contributed by atoms with Gasteiger partial charge < -0.3 is 14.7 Å². The molecule has 2 aliphatic heterocycles. The highest BCUT2D eigenvalue weighted by Gasteiger charge is 2.27. The number of carbonyl (C=O) groups excluding carboxylic acids is 1. The Bertz CT molecular complexity index is 599. The van der Waals surface area contributed by atoms with Crippen LogP contribution in [0.5, 0.6) is 0 Å². The van der Waals surface area contributed by atoms with Crippen molar-refractivity contribution in [3.63, 3.8) is 0 Å². The average Bonchev–Trinajstić information content (AvgIpc) is 3.18. The Kier molecular flexibility index (Phi) is 7.61. The molecule has 0 aliphatic carbocycles.